The summed E-state index contributed by atoms with van der Waals surface area (Å²) in [7, 11) is 0. The molecule has 0 aliphatic rings. The zero-order valence-electron chi connectivity index (χ0n) is 6.92. The largest absolute Gasteiger partial charge is 0.399 e. The average Bonchev–Trinajstić information content (AvgIpc) is 1.98. The molecule has 0 saturated carbocycles. The molecule has 0 heterocycles. The van der Waals surface area contributed by atoms with E-state index in [0.717, 1.165) is 17.0 Å². The van der Waals surface area contributed by atoms with Gasteiger partial charge in [0.15, 0.2) is 0 Å². The number of rotatable bonds is 2. The number of anilines is 1. The van der Waals surface area contributed by atoms with Crippen LogP contribution < -0.4 is 5.73 Å². The molecule has 60 valence electrons. The van der Waals surface area contributed by atoms with Crippen molar-refractivity contribution in [3.8, 4) is 0 Å². The minimum absolute atomic E-state index is 0.900. The number of hydrogen-bond donors (Lipinski definition) is 1. The highest BCUT2D eigenvalue weighted by Crippen LogP contribution is 2.16. The first-order valence-electron chi connectivity index (χ1n) is 3.58. The van der Waals surface area contributed by atoms with Crippen LogP contribution in [0, 0.1) is 6.92 Å². The SMILES string of the molecule is CSCc1ccc(C)c(N)c1. The van der Waals surface area contributed by atoms with Gasteiger partial charge in [0.2, 0.25) is 0 Å². The Morgan fingerprint density at radius 3 is 2.73 bits per heavy atom. The molecule has 0 aliphatic carbocycles. The lowest BCUT2D eigenvalue weighted by Crippen LogP contribution is -1.90. The summed E-state index contributed by atoms with van der Waals surface area (Å²) >= 11 is 1.81. The fraction of sp³-hybridized carbons (Fsp3) is 0.333. The maximum atomic E-state index is 5.74. The predicted octanol–water partition coefficient (Wildman–Crippen LogP) is 2.44. The van der Waals surface area contributed by atoms with Crippen molar-refractivity contribution in [3.05, 3.63) is 29.3 Å². The highest BCUT2D eigenvalue weighted by molar-refractivity contribution is 7.97. The van der Waals surface area contributed by atoms with Gasteiger partial charge in [-0.1, -0.05) is 12.1 Å². The van der Waals surface area contributed by atoms with Gasteiger partial charge in [-0.25, -0.2) is 0 Å². The Morgan fingerprint density at radius 1 is 1.45 bits per heavy atom. The summed E-state index contributed by atoms with van der Waals surface area (Å²) in [4.78, 5) is 0. The molecular weight excluding hydrogens is 154 g/mol. The molecule has 2 heteroatoms. The van der Waals surface area contributed by atoms with Crippen molar-refractivity contribution in [2.45, 2.75) is 12.7 Å². The number of nitrogen functional groups attached to an aromatic ring is 1. The van der Waals surface area contributed by atoms with Gasteiger partial charge in [-0.15, -0.1) is 0 Å². The molecule has 11 heavy (non-hydrogen) atoms. The van der Waals surface area contributed by atoms with E-state index >= 15 is 0 Å². The third-order valence-corrected chi connectivity index (χ3v) is 2.28. The van der Waals surface area contributed by atoms with Gasteiger partial charge >= 0.3 is 0 Å². The second kappa shape index (κ2) is 3.67. The Balaban J connectivity index is 2.86. The van der Waals surface area contributed by atoms with Crippen molar-refractivity contribution in [2.24, 2.45) is 0 Å². The fourth-order valence-electron chi connectivity index (χ4n) is 0.946. The maximum absolute atomic E-state index is 5.74. The average molecular weight is 167 g/mol. The molecule has 0 amide bonds. The summed E-state index contributed by atoms with van der Waals surface area (Å²) in [5.41, 5.74) is 9.11. The standard InChI is InChI=1S/C9H13NS/c1-7-3-4-8(6-11-2)5-9(7)10/h3-5H,6,10H2,1-2H3. The number of benzene rings is 1. The highest BCUT2D eigenvalue weighted by Gasteiger charge is 1.94. The highest BCUT2D eigenvalue weighted by atomic mass is 32.2. The number of aryl methyl sites for hydroxylation is 1. The van der Waals surface area contributed by atoms with Crippen molar-refractivity contribution in [2.75, 3.05) is 12.0 Å². The summed E-state index contributed by atoms with van der Waals surface area (Å²) in [6.07, 6.45) is 2.09. The minimum atomic E-state index is 0.900. The summed E-state index contributed by atoms with van der Waals surface area (Å²) < 4.78 is 0. The van der Waals surface area contributed by atoms with E-state index in [1.54, 1.807) is 0 Å². The second-order valence-corrected chi connectivity index (χ2v) is 3.49. The molecule has 1 rings (SSSR count). The Kier molecular flexibility index (Phi) is 2.83. The van der Waals surface area contributed by atoms with Gasteiger partial charge < -0.3 is 5.73 Å². The van der Waals surface area contributed by atoms with Crippen molar-refractivity contribution in [3.63, 3.8) is 0 Å². The molecule has 0 fully saturated rings. The van der Waals surface area contributed by atoms with Crippen LogP contribution >= 0.6 is 11.8 Å². The van der Waals surface area contributed by atoms with Crippen molar-refractivity contribution in [1.82, 2.24) is 0 Å². The molecule has 0 aromatic heterocycles. The molecule has 1 nitrogen and oxygen atoms in total. The van der Waals surface area contributed by atoms with Gasteiger partial charge in [0, 0.05) is 11.4 Å². The van der Waals surface area contributed by atoms with E-state index in [0.29, 0.717) is 0 Å². The van der Waals surface area contributed by atoms with E-state index in [9.17, 15) is 0 Å². The van der Waals surface area contributed by atoms with Crippen LogP contribution in [0.1, 0.15) is 11.1 Å². The summed E-state index contributed by atoms with van der Waals surface area (Å²) in [6, 6.07) is 6.24. The monoisotopic (exact) mass is 167 g/mol. The van der Waals surface area contributed by atoms with E-state index in [1.807, 2.05) is 24.8 Å². The first-order chi connectivity index (χ1) is 5.24. The summed E-state index contributed by atoms with van der Waals surface area (Å²) in [6.45, 7) is 2.03. The maximum Gasteiger partial charge on any atom is 0.0346 e. The lowest BCUT2D eigenvalue weighted by molar-refractivity contribution is 1.37. The molecule has 0 radical (unpaired) electrons. The topological polar surface area (TPSA) is 26.0 Å². The molecule has 0 aliphatic heterocycles. The van der Waals surface area contributed by atoms with Gasteiger partial charge in [0.05, 0.1) is 0 Å². The minimum Gasteiger partial charge on any atom is -0.399 e. The van der Waals surface area contributed by atoms with Crippen LogP contribution in [0.25, 0.3) is 0 Å². The van der Waals surface area contributed by atoms with Crippen LogP contribution in [0.3, 0.4) is 0 Å². The second-order valence-electron chi connectivity index (χ2n) is 2.62. The molecule has 0 bridgehead atoms. The Labute approximate surface area is 72.0 Å². The van der Waals surface area contributed by atoms with E-state index in [1.165, 1.54) is 5.56 Å². The van der Waals surface area contributed by atoms with Crippen molar-refractivity contribution >= 4 is 17.4 Å². The quantitative estimate of drug-likeness (QED) is 0.685. The van der Waals surface area contributed by atoms with Gasteiger partial charge in [-0.05, 0) is 30.4 Å². The zero-order chi connectivity index (χ0) is 8.27. The molecular formula is C9H13NS. The zero-order valence-corrected chi connectivity index (χ0v) is 7.74. The van der Waals surface area contributed by atoms with Crippen molar-refractivity contribution < 1.29 is 0 Å². The third kappa shape index (κ3) is 2.15. The number of thioether (sulfide) groups is 1. The van der Waals surface area contributed by atoms with Crippen LogP contribution in [0.4, 0.5) is 5.69 Å². The summed E-state index contributed by atoms with van der Waals surface area (Å²) in [5.74, 6) is 1.05. The molecule has 1 aromatic rings. The van der Waals surface area contributed by atoms with Gasteiger partial charge in [0.25, 0.3) is 0 Å². The molecule has 0 unspecified atom stereocenters. The van der Waals surface area contributed by atoms with Crippen LogP contribution in [-0.2, 0) is 5.75 Å². The predicted molar refractivity (Wildman–Crippen MR) is 52.8 cm³/mol. The number of hydrogen-bond acceptors (Lipinski definition) is 2. The first kappa shape index (κ1) is 8.47. The van der Waals surface area contributed by atoms with Crippen LogP contribution in [-0.4, -0.2) is 6.26 Å². The molecule has 0 saturated heterocycles. The third-order valence-electron chi connectivity index (χ3n) is 1.65. The Bertz CT molecular complexity index is 245. The summed E-state index contributed by atoms with van der Waals surface area (Å²) in [5, 5.41) is 0. The molecule has 0 spiro atoms. The lowest BCUT2D eigenvalue weighted by atomic mass is 10.1. The van der Waals surface area contributed by atoms with Crippen LogP contribution in [0.2, 0.25) is 0 Å². The van der Waals surface area contributed by atoms with Gasteiger partial charge in [0.1, 0.15) is 0 Å². The first-order valence-corrected chi connectivity index (χ1v) is 4.97. The van der Waals surface area contributed by atoms with E-state index in [4.69, 9.17) is 5.73 Å². The van der Waals surface area contributed by atoms with Crippen molar-refractivity contribution in [1.29, 1.82) is 0 Å². The van der Waals surface area contributed by atoms with Crippen LogP contribution in [0.5, 0.6) is 0 Å². The molecule has 1 aromatic carbocycles. The smallest absolute Gasteiger partial charge is 0.0346 e. The fourth-order valence-corrected chi connectivity index (χ4v) is 1.46. The van der Waals surface area contributed by atoms with E-state index in [-0.39, 0.29) is 0 Å². The Morgan fingerprint density at radius 2 is 2.18 bits per heavy atom. The number of nitrogens with two attached hydrogens (primary N) is 1. The Hall–Kier alpha value is -0.630. The van der Waals surface area contributed by atoms with Crippen LogP contribution in [0.15, 0.2) is 18.2 Å². The van der Waals surface area contributed by atoms with Gasteiger partial charge in [-0.2, -0.15) is 11.8 Å². The molecule has 0 atom stereocenters. The normalized spacial score (nSPS) is 10.0. The lowest BCUT2D eigenvalue weighted by Gasteiger charge is -2.02. The molecule has 2 N–H and O–H groups in total. The van der Waals surface area contributed by atoms with E-state index in [2.05, 4.69) is 18.4 Å². The van der Waals surface area contributed by atoms with Gasteiger partial charge in [-0.3, -0.25) is 0 Å². The van der Waals surface area contributed by atoms with E-state index < -0.39 is 0 Å².